The zero-order chi connectivity index (χ0) is 16.8. The van der Waals surface area contributed by atoms with E-state index in [0.717, 1.165) is 22.8 Å². The van der Waals surface area contributed by atoms with Crippen LogP contribution in [0.15, 0.2) is 40.8 Å². The third kappa shape index (κ3) is 4.86. The van der Waals surface area contributed by atoms with Gasteiger partial charge in [0.25, 0.3) is 5.91 Å². The zero-order valence-corrected chi connectivity index (χ0v) is 14.1. The first kappa shape index (κ1) is 17.1. The molecule has 0 unspecified atom stereocenters. The molecule has 1 amide bonds. The summed E-state index contributed by atoms with van der Waals surface area (Å²) in [6.45, 7) is 4.33. The molecule has 2 rings (SSSR count). The molecule has 1 heterocycles. The molecule has 5 heteroatoms. The number of carbonyl (C=O) groups is 1. The molecular weight excluding hydrogens is 292 g/mol. The summed E-state index contributed by atoms with van der Waals surface area (Å²) in [6, 6.07) is 11.5. The Bertz CT molecular complexity index is 649. The van der Waals surface area contributed by atoms with E-state index in [9.17, 15) is 4.79 Å². The molecule has 1 aromatic carbocycles. The van der Waals surface area contributed by atoms with Crippen LogP contribution < -0.4 is 10.1 Å². The highest BCUT2D eigenvalue weighted by molar-refractivity contribution is 5.77. The van der Waals surface area contributed by atoms with Gasteiger partial charge in [0.15, 0.2) is 6.61 Å². The number of ether oxygens (including phenoxy) is 1. The van der Waals surface area contributed by atoms with Crippen LogP contribution in [0.4, 0.5) is 0 Å². The predicted octanol–water partition coefficient (Wildman–Crippen LogP) is 2.69. The minimum atomic E-state index is -0.150. The van der Waals surface area contributed by atoms with E-state index in [1.807, 2.05) is 69.2 Å². The molecule has 1 N–H and O–H groups in total. The van der Waals surface area contributed by atoms with Gasteiger partial charge in [0, 0.05) is 6.54 Å². The van der Waals surface area contributed by atoms with Gasteiger partial charge in [-0.2, -0.15) is 0 Å². The standard InChI is InChI=1S/C18H24N2O3/c1-13-7-5-6-8-16(13)22-12-18(21)19-11-15(20(3)4)17-10-9-14(2)23-17/h5-10,15H,11-12H2,1-4H3,(H,19,21)/t15-/m1/s1. The highest BCUT2D eigenvalue weighted by atomic mass is 16.5. The molecule has 0 bridgehead atoms. The molecule has 0 saturated heterocycles. The SMILES string of the molecule is Cc1ccc([C@@H](CNC(=O)COc2ccccc2C)N(C)C)o1. The lowest BCUT2D eigenvalue weighted by Crippen LogP contribution is -2.36. The first-order valence-corrected chi connectivity index (χ1v) is 7.65. The van der Waals surface area contributed by atoms with Gasteiger partial charge in [-0.05, 0) is 51.7 Å². The van der Waals surface area contributed by atoms with Crippen molar-refractivity contribution in [3.05, 3.63) is 53.5 Å². The van der Waals surface area contributed by atoms with Crippen molar-refractivity contribution in [1.29, 1.82) is 0 Å². The number of aryl methyl sites for hydroxylation is 2. The van der Waals surface area contributed by atoms with E-state index in [2.05, 4.69) is 5.32 Å². The average molecular weight is 316 g/mol. The van der Waals surface area contributed by atoms with E-state index in [0.29, 0.717) is 6.54 Å². The van der Waals surface area contributed by atoms with E-state index in [4.69, 9.17) is 9.15 Å². The molecule has 0 saturated carbocycles. The van der Waals surface area contributed by atoms with Crippen LogP contribution in [0.5, 0.6) is 5.75 Å². The maximum absolute atomic E-state index is 12.0. The molecule has 5 nitrogen and oxygen atoms in total. The number of para-hydroxylation sites is 1. The largest absolute Gasteiger partial charge is 0.484 e. The normalized spacial score (nSPS) is 12.2. The van der Waals surface area contributed by atoms with E-state index in [1.54, 1.807) is 0 Å². The molecule has 0 aliphatic carbocycles. The highest BCUT2D eigenvalue weighted by Crippen LogP contribution is 2.20. The number of hydrogen-bond acceptors (Lipinski definition) is 4. The molecule has 124 valence electrons. The van der Waals surface area contributed by atoms with Crippen molar-refractivity contribution in [2.24, 2.45) is 0 Å². The summed E-state index contributed by atoms with van der Waals surface area (Å²) in [5, 5.41) is 2.90. The van der Waals surface area contributed by atoms with Crippen LogP contribution in [-0.4, -0.2) is 38.1 Å². The van der Waals surface area contributed by atoms with Crippen molar-refractivity contribution < 1.29 is 13.9 Å². The molecule has 0 aliphatic heterocycles. The van der Waals surface area contributed by atoms with E-state index in [-0.39, 0.29) is 18.6 Å². The number of amides is 1. The van der Waals surface area contributed by atoms with Gasteiger partial charge in [0.05, 0.1) is 6.04 Å². The van der Waals surface area contributed by atoms with Crippen molar-refractivity contribution in [3.8, 4) is 5.75 Å². The maximum atomic E-state index is 12.0. The number of hydrogen-bond donors (Lipinski definition) is 1. The lowest BCUT2D eigenvalue weighted by atomic mass is 10.2. The van der Waals surface area contributed by atoms with Crippen LogP contribution in [0.1, 0.15) is 23.1 Å². The number of carbonyl (C=O) groups excluding carboxylic acids is 1. The minimum absolute atomic E-state index is 0.00217. The summed E-state index contributed by atoms with van der Waals surface area (Å²) >= 11 is 0. The number of likely N-dealkylation sites (N-methyl/N-ethyl adjacent to an activating group) is 1. The fourth-order valence-corrected chi connectivity index (χ4v) is 2.29. The van der Waals surface area contributed by atoms with Crippen LogP contribution >= 0.6 is 0 Å². The van der Waals surface area contributed by atoms with Crippen LogP contribution in [0.3, 0.4) is 0 Å². The highest BCUT2D eigenvalue weighted by Gasteiger charge is 2.18. The van der Waals surface area contributed by atoms with Crippen LogP contribution in [-0.2, 0) is 4.79 Å². The fraction of sp³-hybridized carbons (Fsp3) is 0.389. The quantitative estimate of drug-likeness (QED) is 0.853. The van der Waals surface area contributed by atoms with Gasteiger partial charge in [0.2, 0.25) is 0 Å². The van der Waals surface area contributed by atoms with Crippen molar-refractivity contribution in [3.63, 3.8) is 0 Å². The summed E-state index contributed by atoms with van der Waals surface area (Å²) < 4.78 is 11.2. The van der Waals surface area contributed by atoms with Crippen LogP contribution in [0.25, 0.3) is 0 Å². The van der Waals surface area contributed by atoms with Crippen LogP contribution in [0.2, 0.25) is 0 Å². The third-order valence-electron chi connectivity index (χ3n) is 3.66. The summed E-state index contributed by atoms with van der Waals surface area (Å²) in [4.78, 5) is 14.0. The summed E-state index contributed by atoms with van der Waals surface area (Å²) in [6.07, 6.45) is 0. The number of furan rings is 1. The maximum Gasteiger partial charge on any atom is 0.258 e. The second kappa shape index (κ2) is 7.83. The van der Waals surface area contributed by atoms with Crippen molar-refractivity contribution in [1.82, 2.24) is 10.2 Å². The third-order valence-corrected chi connectivity index (χ3v) is 3.66. The Hall–Kier alpha value is -2.27. The smallest absolute Gasteiger partial charge is 0.258 e. The molecule has 1 aromatic heterocycles. The topological polar surface area (TPSA) is 54.7 Å². The molecule has 0 aliphatic rings. The Balaban J connectivity index is 1.86. The van der Waals surface area contributed by atoms with Crippen molar-refractivity contribution >= 4 is 5.91 Å². The Morgan fingerprint density at radius 1 is 1.22 bits per heavy atom. The zero-order valence-electron chi connectivity index (χ0n) is 14.1. The van der Waals surface area contributed by atoms with Gasteiger partial charge in [-0.1, -0.05) is 18.2 Å². The Morgan fingerprint density at radius 2 is 1.96 bits per heavy atom. The van der Waals surface area contributed by atoms with E-state index in [1.165, 1.54) is 0 Å². The van der Waals surface area contributed by atoms with Gasteiger partial charge < -0.3 is 14.5 Å². The molecule has 0 radical (unpaired) electrons. The van der Waals surface area contributed by atoms with Crippen LogP contribution in [0, 0.1) is 13.8 Å². The molecule has 0 spiro atoms. The second-order valence-corrected chi connectivity index (χ2v) is 5.79. The monoisotopic (exact) mass is 316 g/mol. The van der Waals surface area contributed by atoms with Gasteiger partial charge in [0.1, 0.15) is 17.3 Å². The Morgan fingerprint density at radius 3 is 2.57 bits per heavy atom. The minimum Gasteiger partial charge on any atom is -0.484 e. The lowest BCUT2D eigenvalue weighted by molar-refractivity contribution is -0.123. The van der Waals surface area contributed by atoms with Crippen molar-refractivity contribution in [2.75, 3.05) is 27.2 Å². The molecule has 23 heavy (non-hydrogen) atoms. The predicted molar refractivity (Wildman–Crippen MR) is 89.6 cm³/mol. The second-order valence-electron chi connectivity index (χ2n) is 5.79. The van der Waals surface area contributed by atoms with Gasteiger partial charge in [-0.15, -0.1) is 0 Å². The average Bonchev–Trinajstić information content (AvgIpc) is 2.92. The number of nitrogens with one attached hydrogen (secondary N) is 1. The van der Waals surface area contributed by atoms with Gasteiger partial charge >= 0.3 is 0 Å². The van der Waals surface area contributed by atoms with Gasteiger partial charge in [-0.3, -0.25) is 9.69 Å². The molecule has 1 atom stereocenters. The first-order valence-electron chi connectivity index (χ1n) is 7.65. The van der Waals surface area contributed by atoms with Crippen molar-refractivity contribution in [2.45, 2.75) is 19.9 Å². The molecule has 0 fully saturated rings. The molecular formula is C18H24N2O3. The van der Waals surface area contributed by atoms with E-state index < -0.39 is 0 Å². The number of benzene rings is 1. The summed E-state index contributed by atoms with van der Waals surface area (Å²) in [5.74, 6) is 2.28. The number of rotatable bonds is 7. The Labute approximate surface area is 137 Å². The lowest BCUT2D eigenvalue weighted by Gasteiger charge is -2.22. The van der Waals surface area contributed by atoms with E-state index >= 15 is 0 Å². The first-order chi connectivity index (χ1) is 11.0. The Kier molecular flexibility index (Phi) is 5.82. The van der Waals surface area contributed by atoms with Gasteiger partial charge in [-0.25, -0.2) is 0 Å². The number of nitrogens with zero attached hydrogens (tertiary/aromatic N) is 1. The summed E-state index contributed by atoms with van der Waals surface area (Å²) in [5.41, 5.74) is 1.01. The molecule has 2 aromatic rings. The fourth-order valence-electron chi connectivity index (χ4n) is 2.29. The summed E-state index contributed by atoms with van der Waals surface area (Å²) in [7, 11) is 3.91.